The molecule has 0 aromatic heterocycles. The van der Waals surface area contributed by atoms with E-state index >= 15 is 0 Å². The standard InChI is InChI=1S/C13H16N2O/c1-2-7-15-12(16)13(14)8-10-5-3-4-6-11(10)9-13/h2-6H,1,7-9,14H2,(H,15,16). The zero-order chi connectivity index (χ0) is 11.6. The maximum absolute atomic E-state index is 11.9. The quantitative estimate of drug-likeness (QED) is 0.734. The van der Waals surface area contributed by atoms with Gasteiger partial charge in [0.15, 0.2) is 0 Å². The van der Waals surface area contributed by atoms with Gasteiger partial charge in [-0.3, -0.25) is 4.79 Å². The Bertz CT molecular complexity index is 401. The fraction of sp³-hybridized carbons (Fsp3) is 0.308. The van der Waals surface area contributed by atoms with Crippen LogP contribution in [0.5, 0.6) is 0 Å². The lowest BCUT2D eigenvalue weighted by Crippen LogP contribution is -2.54. The SMILES string of the molecule is C=CCNC(=O)C1(N)Cc2ccccc2C1. The Morgan fingerprint density at radius 2 is 2.00 bits per heavy atom. The molecule has 0 spiro atoms. The number of benzene rings is 1. The Hall–Kier alpha value is -1.61. The number of nitrogens with two attached hydrogens (primary N) is 1. The molecule has 0 aliphatic heterocycles. The summed E-state index contributed by atoms with van der Waals surface area (Å²) in [5.41, 5.74) is 7.72. The minimum absolute atomic E-state index is 0.0939. The van der Waals surface area contributed by atoms with Gasteiger partial charge in [0.25, 0.3) is 0 Å². The molecule has 0 saturated carbocycles. The van der Waals surface area contributed by atoms with Gasteiger partial charge in [0, 0.05) is 6.54 Å². The number of fused-ring (bicyclic) bond motifs is 1. The molecule has 0 unspecified atom stereocenters. The van der Waals surface area contributed by atoms with Crippen molar-refractivity contribution in [2.45, 2.75) is 18.4 Å². The Morgan fingerprint density at radius 3 is 2.50 bits per heavy atom. The Balaban J connectivity index is 2.13. The molecule has 1 amide bonds. The lowest BCUT2D eigenvalue weighted by Gasteiger charge is -2.21. The van der Waals surface area contributed by atoms with Gasteiger partial charge in [-0.15, -0.1) is 6.58 Å². The molecular formula is C13H16N2O. The summed E-state index contributed by atoms with van der Waals surface area (Å²) in [6, 6.07) is 8.02. The summed E-state index contributed by atoms with van der Waals surface area (Å²) in [7, 11) is 0. The maximum Gasteiger partial charge on any atom is 0.241 e. The zero-order valence-electron chi connectivity index (χ0n) is 9.20. The Kier molecular flexibility index (Phi) is 2.79. The maximum atomic E-state index is 11.9. The lowest BCUT2D eigenvalue weighted by atomic mass is 9.96. The van der Waals surface area contributed by atoms with Gasteiger partial charge in [0.1, 0.15) is 5.54 Å². The summed E-state index contributed by atoms with van der Waals surface area (Å²) in [6.45, 7) is 4.03. The van der Waals surface area contributed by atoms with Crippen molar-refractivity contribution >= 4 is 5.91 Å². The van der Waals surface area contributed by atoms with Gasteiger partial charge < -0.3 is 11.1 Å². The molecule has 3 heteroatoms. The van der Waals surface area contributed by atoms with Crippen LogP contribution in [-0.2, 0) is 17.6 Å². The molecule has 1 aromatic rings. The van der Waals surface area contributed by atoms with Gasteiger partial charge in [0.2, 0.25) is 5.91 Å². The second-order valence-corrected chi connectivity index (χ2v) is 4.28. The van der Waals surface area contributed by atoms with Crippen LogP contribution in [0, 0.1) is 0 Å². The van der Waals surface area contributed by atoms with E-state index < -0.39 is 5.54 Å². The smallest absolute Gasteiger partial charge is 0.241 e. The van der Waals surface area contributed by atoms with E-state index in [2.05, 4.69) is 11.9 Å². The van der Waals surface area contributed by atoms with Crippen LogP contribution in [0.15, 0.2) is 36.9 Å². The average Bonchev–Trinajstić information content (AvgIpc) is 2.63. The molecule has 0 bridgehead atoms. The van der Waals surface area contributed by atoms with E-state index in [1.807, 2.05) is 24.3 Å². The van der Waals surface area contributed by atoms with E-state index in [9.17, 15) is 4.79 Å². The van der Waals surface area contributed by atoms with E-state index in [4.69, 9.17) is 5.73 Å². The first kappa shape index (κ1) is 10.9. The van der Waals surface area contributed by atoms with Crippen molar-refractivity contribution in [2.75, 3.05) is 6.54 Å². The van der Waals surface area contributed by atoms with E-state index in [0.717, 1.165) is 0 Å². The summed E-state index contributed by atoms with van der Waals surface area (Å²) in [4.78, 5) is 11.9. The van der Waals surface area contributed by atoms with Crippen LogP contribution in [0.4, 0.5) is 0 Å². The van der Waals surface area contributed by atoms with Crippen molar-refractivity contribution < 1.29 is 4.79 Å². The Labute approximate surface area is 95.3 Å². The largest absolute Gasteiger partial charge is 0.351 e. The highest BCUT2D eigenvalue weighted by Gasteiger charge is 2.39. The highest BCUT2D eigenvalue weighted by atomic mass is 16.2. The first-order chi connectivity index (χ1) is 7.65. The molecule has 0 heterocycles. The second kappa shape index (κ2) is 4.10. The number of carbonyl (C=O) groups excluding carboxylic acids is 1. The number of hydrogen-bond donors (Lipinski definition) is 2. The van der Waals surface area contributed by atoms with Gasteiger partial charge in [0.05, 0.1) is 0 Å². The number of carbonyl (C=O) groups is 1. The monoisotopic (exact) mass is 216 g/mol. The molecule has 2 rings (SSSR count). The normalized spacial score (nSPS) is 16.6. The van der Waals surface area contributed by atoms with Crippen molar-refractivity contribution in [2.24, 2.45) is 5.73 Å². The van der Waals surface area contributed by atoms with Crippen LogP contribution in [0.3, 0.4) is 0 Å². The van der Waals surface area contributed by atoms with Crippen molar-refractivity contribution in [3.63, 3.8) is 0 Å². The van der Waals surface area contributed by atoms with Gasteiger partial charge >= 0.3 is 0 Å². The number of rotatable bonds is 3. The molecule has 0 fully saturated rings. The third-order valence-electron chi connectivity index (χ3n) is 2.99. The van der Waals surface area contributed by atoms with Crippen LogP contribution in [0.25, 0.3) is 0 Å². The van der Waals surface area contributed by atoms with E-state index in [1.165, 1.54) is 11.1 Å². The summed E-state index contributed by atoms with van der Waals surface area (Å²) in [5, 5.41) is 2.77. The van der Waals surface area contributed by atoms with Crippen LogP contribution in [0.1, 0.15) is 11.1 Å². The summed E-state index contributed by atoms with van der Waals surface area (Å²) in [6.07, 6.45) is 2.89. The fourth-order valence-corrected chi connectivity index (χ4v) is 2.15. The molecule has 3 N–H and O–H groups in total. The summed E-state index contributed by atoms with van der Waals surface area (Å²) >= 11 is 0. The molecule has 16 heavy (non-hydrogen) atoms. The predicted molar refractivity (Wildman–Crippen MR) is 64.0 cm³/mol. The minimum Gasteiger partial charge on any atom is -0.351 e. The molecule has 3 nitrogen and oxygen atoms in total. The molecule has 1 aliphatic carbocycles. The van der Waals surface area contributed by atoms with Crippen LogP contribution >= 0.6 is 0 Å². The first-order valence-corrected chi connectivity index (χ1v) is 5.40. The van der Waals surface area contributed by atoms with Crippen LogP contribution in [0.2, 0.25) is 0 Å². The van der Waals surface area contributed by atoms with Crippen LogP contribution in [-0.4, -0.2) is 18.0 Å². The topological polar surface area (TPSA) is 55.1 Å². The zero-order valence-corrected chi connectivity index (χ0v) is 9.20. The third kappa shape index (κ3) is 1.86. The number of hydrogen-bond acceptors (Lipinski definition) is 2. The van der Waals surface area contributed by atoms with Crippen molar-refractivity contribution in [3.8, 4) is 0 Å². The van der Waals surface area contributed by atoms with E-state index in [1.54, 1.807) is 6.08 Å². The predicted octanol–water partition coefficient (Wildman–Crippen LogP) is 0.785. The fourth-order valence-electron chi connectivity index (χ4n) is 2.15. The van der Waals surface area contributed by atoms with Gasteiger partial charge in [-0.05, 0) is 24.0 Å². The Morgan fingerprint density at radius 1 is 1.44 bits per heavy atom. The number of nitrogens with one attached hydrogen (secondary N) is 1. The molecule has 1 aromatic carbocycles. The highest BCUT2D eigenvalue weighted by molar-refractivity contribution is 5.88. The van der Waals surface area contributed by atoms with Gasteiger partial charge in [-0.1, -0.05) is 30.3 Å². The van der Waals surface area contributed by atoms with E-state index in [-0.39, 0.29) is 5.91 Å². The van der Waals surface area contributed by atoms with Gasteiger partial charge in [-0.2, -0.15) is 0 Å². The summed E-state index contributed by atoms with van der Waals surface area (Å²) < 4.78 is 0. The molecule has 84 valence electrons. The first-order valence-electron chi connectivity index (χ1n) is 5.40. The van der Waals surface area contributed by atoms with E-state index in [0.29, 0.717) is 19.4 Å². The average molecular weight is 216 g/mol. The molecule has 0 radical (unpaired) electrons. The van der Waals surface area contributed by atoms with Gasteiger partial charge in [-0.25, -0.2) is 0 Å². The van der Waals surface area contributed by atoms with Crippen molar-refractivity contribution in [3.05, 3.63) is 48.0 Å². The lowest BCUT2D eigenvalue weighted by molar-refractivity contribution is -0.125. The summed E-state index contributed by atoms with van der Waals surface area (Å²) in [5.74, 6) is -0.0939. The van der Waals surface area contributed by atoms with Crippen molar-refractivity contribution in [1.82, 2.24) is 5.32 Å². The minimum atomic E-state index is -0.785. The van der Waals surface area contributed by atoms with Crippen molar-refractivity contribution in [1.29, 1.82) is 0 Å². The molecule has 0 atom stereocenters. The van der Waals surface area contributed by atoms with Crippen LogP contribution < -0.4 is 11.1 Å². The molecule has 0 saturated heterocycles. The second-order valence-electron chi connectivity index (χ2n) is 4.28. The third-order valence-corrected chi connectivity index (χ3v) is 2.99. The molecule has 1 aliphatic rings. The number of amides is 1. The molecular weight excluding hydrogens is 200 g/mol. The highest BCUT2D eigenvalue weighted by Crippen LogP contribution is 2.28.